The minimum atomic E-state index is -0.524. The first-order valence-electron chi connectivity index (χ1n) is 8.06. The Morgan fingerprint density at radius 1 is 1.17 bits per heavy atom. The van der Waals surface area contributed by atoms with Gasteiger partial charge in [0.25, 0.3) is 0 Å². The molecule has 1 saturated heterocycles. The van der Waals surface area contributed by atoms with Crippen molar-refractivity contribution in [1.29, 1.82) is 0 Å². The number of hydrogen-bond acceptors (Lipinski definition) is 4. The molecule has 0 bridgehead atoms. The standard InChI is InChI=1S/C18H23ClN2OS/c1-14(15-6-11-23-13-15)21-9-7-20(8-10-21)12-18(22)16-4-2-3-5-17(16)19/h2-6,11,13-14,18,22H,7-10,12H2,1H3. The quantitative estimate of drug-likeness (QED) is 0.888. The Morgan fingerprint density at radius 3 is 2.57 bits per heavy atom. The van der Waals surface area contributed by atoms with Crippen LogP contribution in [0.4, 0.5) is 0 Å². The third kappa shape index (κ3) is 4.14. The van der Waals surface area contributed by atoms with Crippen LogP contribution in [0.25, 0.3) is 0 Å². The lowest BCUT2D eigenvalue weighted by Gasteiger charge is -2.38. The van der Waals surface area contributed by atoms with Crippen molar-refractivity contribution in [2.24, 2.45) is 0 Å². The van der Waals surface area contributed by atoms with Gasteiger partial charge in [-0.15, -0.1) is 0 Å². The van der Waals surface area contributed by atoms with Gasteiger partial charge in [-0.1, -0.05) is 29.8 Å². The fraction of sp³-hybridized carbons (Fsp3) is 0.444. The molecule has 1 aromatic heterocycles. The molecule has 0 saturated carbocycles. The fourth-order valence-electron chi connectivity index (χ4n) is 3.15. The largest absolute Gasteiger partial charge is 0.387 e. The lowest BCUT2D eigenvalue weighted by Crippen LogP contribution is -2.48. The Balaban J connectivity index is 1.52. The van der Waals surface area contributed by atoms with Crippen LogP contribution in [0.3, 0.4) is 0 Å². The molecule has 2 atom stereocenters. The number of aliphatic hydroxyl groups is 1. The van der Waals surface area contributed by atoms with Gasteiger partial charge in [0.05, 0.1) is 6.10 Å². The predicted molar refractivity (Wildman–Crippen MR) is 97.2 cm³/mol. The minimum absolute atomic E-state index is 0.469. The zero-order valence-electron chi connectivity index (χ0n) is 13.4. The Morgan fingerprint density at radius 2 is 1.91 bits per heavy atom. The molecular weight excluding hydrogens is 328 g/mol. The van der Waals surface area contributed by atoms with Gasteiger partial charge in [0.15, 0.2) is 0 Å². The molecular formula is C18H23ClN2OS. The number of aliphatic hydroxyl groups excluding tert-OH is 1. The molecule has 1 fully saturated rings. The van der Waals surface area contributed by atoms with E-state index in [0.29, 0.717) is 17.6 Å². The van der Waals surface area contributed by atoms with E-state index in [0.717, 1.165) is 31.7 Å². The lowest BCUT2D eigenvalue weighted by molar-refractivity contribution is 0.0590. The van der Waals surface area contributed by atoms with E-state index in [9.17, 15) is 5.11 Å². The maximum absolute atomic E-state index is 10.4. The molecule has 2 unspecified atom stereocenters. The van der Waals surface area contributed by atoms with Crippen LogP contribution >= 0.6 is 22.9 Å². The molecule has 1 aliphatic heterocycles. The van der Waals surface area contributed by atoms with E-state index in [4.69, 9.17) is 11.6 Å². The average Bonchev–Trinajstić information content (AvgIpc) is 3.09. The monoisotopic (exact) mass is 350 g/mol. The number of nitrogens with zero attached hydrogens (tertiary/aromatic N) is 2. The van der Waals surface area contributed by atoms with Crippen LogP contribution in [0.5, 0.6) is 0 Å². The van der Waals surface area contributed by atoms with Crippen molar-refractivity contribution in [2.45, 2.75) is 19.1 Å². The molecule has 1 N–H and O–H groups in total. The van der Waals surface area contributed by atoms with E-state index in [1.807, 2.05) is 24.3 Å². The first-order valence-corrected chi connectivity index (χ1v) is 9.38. The van der Waals surface area contributed by atoms with E-state index in [1.165, 1.54) is 5.56 Å². The molecule has 5 heteroatoms. The summed E-state index contributed by atoms with van der Waals surface area (Å²) in [7, 11) is 0. The van der Waals surface area contributed by atoms with Crippen molar-refractivity contribution in [3.05, 3.63) is 57.2 Å². The van der Waals surface area contributed by atoms with Gasteiger partial charge in [0, 0.05) is 49.4 Å². The van der Waals surface area contributed by atoms with Crippen molar-refractivity contribution < 1.29 is 5.11 Å². The summed E-state index contributed by atoms with van der Waals surface area (Å²) in [5, 5.41) is 15.5. The van der Waals surface area contributed by atoms with Crippen molar-refractivity contribution in [3.63, 3.8) is 0 Å². The molecule has 0 radical (unpaired) electrons. The molecule has 0 aliphatic carbocycles. The van der Waals surface area contributed by atoms with Crippen molar-refractivity contribution in [1.82, 2.24) is 9.80 Å². The SMILES string of the molecule is CC(c1ccsc1)N1CCN(CC(O)c2ccccc2Cl)CC1. The summed E-state index contributed by atoms with van der Waals surface area (Å²) in [6.45, 7) is 6.95. The summed E-state index contributed by atoms with van der Waals surface area (Å²) < 4.78 is 0. The Hall–Kier alpha value is -0.910. The van der Waals surface area contributed by atoms with Crippen LogP contribution in [0, 0.1) is 0 Å². The van der Waals surface area contributed by atoms with Crippen LogP contribution in [-0.2, 0) is 0 Å². The van der Waals surface area contributed by atoms with Crippen LogP contribution in [0.2, 0.25) is 5.02 Å². The number of β-amino-alcohol motifs (C(OH)–C–C–N with tert-alkyl or cyclic N) is 1. The Kier molecular flexibility index (Phi) is 5.72. The van der Waals surface area contributed by atoms with Crippen molar-refractivity contribution in [2.75, 3.05) is 32.7 Å². The van der Waals surface area contributed by atoms with Crippen molar-refractivity contribution in [3.8, 4) is 0 Å². The summed E-state index contributed by atoms with van der Waals surface area (Å²) in [5.74, 6) is 0. The van der Waals surface area contributed by atoms with Gasteiger partial charge in [-0.2, -0.15) is 11.3 Å². The highest BCUT2D eigenvalue weighted by Gasteiger charge is 2.24. The fourth-order valence-corrected chi connectivity index (χ4v) is 4.15. The highest BCUT2D eigenvalue weighted by atomic mass is 35.5. The number of hydrogen-bond donors (Lipinski definition) is 1. The maximum Gasteiger partial charge on any atom is 0.0931 e. The third-order valence-electron chi connectivity index (χ3n) is 4.68. The highest BCUT2D eigenvalue weighted by molar-refractivity contribution is 7.07. The van der Waals surface area contributed by atoms with Crippen LogP contribution in [0.15, 0.2) is 41.1 Å². The summed E-state index contributed by atoms with van der Waals surface area (Å²) in [4.78, 5) is 4.84. The molecule has 1 aliphatic rings. The van der Waals surface area contributed by atoms with E-state index in [1.54, 1.807) is 11.3 Å². The van der Waals surface area contributed by atoms with Crippen LogP contribution in [-0.4, -0.2) is 47.6 Å². The van der Waals surface area contributed by atoms with E-state index < -0.39 is 6.10 Å². The van der Waals surface area contributed by atoms with Gasteiger partial charge in [-0.3, -0.25) is 9.80 Å². The molecule has 124 valence electrons. The van der Waals surface area contributed by atoms with Gasteiger partial charge in [-0.05, 0) is 35.4 Å². The maximum atomic E-state index is 10.4. The number of rotatable bonds is 5. The summed E-state index contributed by atoms with van der Waals surface area (Å²) in [5.41, 5.74) is 2.22. The van der Waals surface area contributed by atoms with E-state index in [-0.39, 0.29) is 0 Å². The number of benzene rings is 1. The van der Waals surface area contributed by atoms with Gasteiger partial charge in [0.2, 0.25) is 0 Å². The zero-order chi connectivity index (χ0) is 16.2. The second-order valence-electron chi connectivity index (χ2n) is 6.11. The first-order chi connectivity index (χ1) is 11.1. The van der Waals surface area contributed by atoms with Crippen LogP contribution < -0.4 is 0 Å². The molecule has 3 rings (SSSR count). The average molecular weight is 351 g/mol. The molecule has 1 aromatic carbocycles. The lowest BCUT2D eigenvalue weighted by atomic mass is 10.1. The normalized spacial score (nSPS) is 19.6. The molecule has 0 amide bonds. The van der Waals surface area contributed by atoms with Gasteiger partial charge < -0.3 is 5.11 Å². The van der Waals surface area contributed by atoms with Gasteiger partial charge in [0.1, 0.15) is 0 Å². The highest BCUT2D eigenvalue weighted by Crippen LogP contribution is 2.26. The topological polar surface area (TPSA) is 26.7 Å². The second kappa shape index (κ2) is 7.77. The van der Waals surface area contributed by atoms with Gasteiger partial charge >= 0.3 is 0 Å². The second-order valence-corrected chi connectivity index (χ2v) is 7.29. The van der Waals surface area contributed by atoms with Crippen molar-refractivity contribution >= 4 is 22.9 Å². The predicted octanol–water partition coefficient (Wildman–Crippen LogP) is 3.81. The Bertz CT molecular complexity index is 611. The summed E-state index contributed by atoms with van der Waals surface area (Å²) >= 11 is 7.93. The Labute approximate surface area is 147 Å². The van der Waals surface area contributed by atoms with E-state index >= 15 is 0 Å². The van der Waals surface area contributed by atoms with Crippen LogP contribution in [0.1, 0.15) is 30.2 Å². The van der Waals surface area contributed by atoms with E-state index in [2.05, 4.69) is 33.6 Å². The first kappa shape index (κ1) is 16.9. The minimum Gasteiger partial charge on any atom is -0.387 e. The molecule has 2 heterocycles. The molecule has 2 aromatic rings. The molecule has 0 spiro atoms. The summed E-state index contributed by atoms with van der Waals surface area (Å²) in [6, 6.07) is 10.2. The third-order valence-corrected chi connectivity index (χ3v) is 5.72. The van der Waals surface area contributed by atoms with Gasteiger partial charge in [-0.25, -0.2) is 0 Å². The smallest absolute Gasteiger partial charge is 0.0931 e. The number of thiophene rings is 1. The number of halogens is 1. The summed E-state index contributed by atoms with van der Waals surface area (Å²) in [6.07, 6.45) is -0.524. The molecule has 23 heavy (non-hydrogen) atoms. The molecule has 3 nitrogen and oxygen atoms in total. The zero-order valence-corrected chi connectivity index (χ0v) is 14.9. The number of piperazine rings is 1.